The second-order valence-electron chi connectivity index (χ2n) is 3.08. The van der Waals surface area contributed by atoms with Crippen molar-refractivity contribution in [2.45, 2.75) is 6.18 Å². The van der Waals surface area contributed by atoms with Crippen molar-refractivity contribution < 1.29 is 27.8 Å². The van der Waals surface area contributed by atoms with E-state index in [1.54, 1.807) is 0 Å². The van der Waals surface area contributed by atoms with Crippen LogP contribution in [0.4, 0.5) is 29.3 Å². The highest BCUT2D eigenvalue weighted by Crippen LogP contribution is 2.25. The van der Waals surface area contributed by atoms with Crippen LogP contribution in [0.3, 0.4) is 0 Å². The molecule has 0 fully saturated rings. The number of nitrogens with one attached hydrogen (secondary N) is 1. The first kappa shape index (κ1) is 12.9. The Balaban J connectivity index is 2.72. The van der Waals surface area contributed by atoms with Crippen LogP contribution in [0.25, 0.3) is 0 Å². The van der Waals surface area contributed by atoms with Gasteiger partial charge in [0.1, 0.15) is 5.75 Å². The number of nitrogens with two attached hydrogens (primary N) is 1. The number of rotatable bonds is 3. The SMILES string of the molecule is Nc1cc(OCC(F)(F)F)ccc1NC(=O)O. The topological polar surface area (TPSA) is 84.6 Å². The summed E-state index contributed by atoms with van der Waals surface area (Å²) in [5.74, 6) is -0.0873. The molecular weight excluding hydrogens is 241 g/mol. The number of alkyl halides is 3. The molecule has 1 aromatic rings. The van der Waals surface area contributed by atoms with Gasteiger partial charge in [0, 0.05) is 6.07 Å². The summed E-state index contributed by atoms with van der Waals surface area (Å²) < 4.78 is 40.0. The molecule has 0 atom stereocenters. The number of hydrogen-bond acceptors (Lipinski definition) is 3. The van der Waals surface area contributed by atoms with E-state index in [1.165, 1.54) is 12.1 Å². The van der Waals surface area contributed by atoms with Gasteiger partial charge in [0.2, 0.25) is 0 Å². The maximum atomic E-state index is 11.8. The number of ether oxygens (including phenoxy) is 1. The van der Waals surface area contributed by atoms with E-state index in [9.17, 15) is 18.0 Å². The molecule has 5 nitrogen and oxygen atoms in total. The van der Waals surface area contributed by atoms with E-state index in [-0.39, 0.29) is 17.1 Å². The first-order chi connectivity index (χ1) is 7.78. The van der Waals surface area contributed by atoms with Crippen molar-refractivity contribution in [2.24, 2.45) is 0 Å². The molecule has 8 heteroatoms. The molecule has 0 aromatic heterocycles. The standard InChI is InChI=1S/C9H9F3N2O3/c10-9(11,12)4-17-5-1-2-7(6(13)3-5)14-8(15)16/h1-3,14H,4,13H2,(H,15,16). The fourth-order valence-electron chi connectivity index (χ4n) is 1.02. The van der Waals surface area contributed by atoms with E-state index in [1.807, 2.05) is 5.32 Å². The third-order valence-electron chi connectivity index (χ3n) is 1.67. The van der Waals surface area contributed by atoms with E-state index in [0.29, 0.717) is 0 Å². The lowest BCUT2D eigenvalue weighted by molar-refractivity contribution is -0.153. The molecule has 1 amide bonds. The highest BCUT2D eigenvalue weighted by Gasteiger charge is 2.28. The van der Waals surface area contributed by atoms with E-state index < -0.39 is 18.9 Å². The molecule has 4 N–H and O–H groups in total. The van der Waals surface area contributed by atoms with Crippen LogP contribution < -0.4 is 15.8 Å². The van der Waals surface area contributed by atoms with E-state index in [0.717, 1.165) is 6.07 Å². The number of nitrogen functional groups attached to an aromatic ring is 1. The number of carboxylic acid groups (broad SMARTS) is 1. The fraction of sp³-hybridized carbons (Fsp3) is 0.222. The van der Waals surface area contributed by atoms with Gasteiger partial charge in [0.05, 0.1) is 11.4 Å². The lowest BCUT2D eigenvalue weighted by atomic mass is 10.2. The van der Waals surface area contributed by atoms with Crippen molar-refractivity contribution in [2.75, 3.05) is 17.7 Å². The summed E-state index contributed by atoms with van der Waals surface area (Å²) in [6.07, 6.45) is -5.76. The minimum Gasteiger partial charge on any atom is -0.484 e. The van der Waals surface area contributed by atoms with Gasteiger partial charge in [-0.25, -0.2) is 4.79 Å². The van der Waals surface area contributed by atoms with Gasteiger partial charge in [-0.3, -0.25) is 5.32 Å². The van der Waals surface area contributed by atoms with E-state index >= 15 is 0 Å². The maximum absolute atomic E-state index is 11.8. The summed E-state index contributed by atoms with van der Waals surface area (Å²) in [4.78, 5) is 10.3. The van der Waals surface area contributed by atoms with Crippen LogP contribution in [0, 0.1) is 0 Å². The van der Waals surface area contributed by atoms with Crippen LogP contribution in [0.1, 0.15) is 0 Å². The summed E-state index contributed by atoms with van der Waals surface area (Å²) in [5, 5.41) is 10.4. The fourth-order valence-corrected chi connectivity index (χ4v) is 1.02. The molecule has 1 aromatic carbocycles. The Morgan fingerprint density at radius 1 is 1.47 bits per heavy atom. The summed E-state index contributed by atoms with van der Waals surface area (Å²) in [7, 11) is 0. The molecule has 0 unspecified atom stereocenters. The van der Waals surface area contributed by atoms with Gasteiger partial charge in [-0.05, 0) is 12.1 Å². The van der Waals surface area contributed by atoms with Crippen molar-refractivity contribution in [3.63, 3.8) is 0 Å². The molecular formula is C9H9F3N2O3. The van der Waals surface area contributed by atoms with E-state index in [4.69, 9.17) is 10.8 Å². The summed E-state index contributed by atoms with van der Waals surface area (Å²) in [5.41, 5.74) is 5.48. The van der Waals surface area contributed by atoms with Crippen LogP contribution in [-0.4, -0.2) is 24.0 Å². The quantitative estimate of drug-likeness (QED) is 0.718. The number of hydrogen-bond donors (Lipinski definition) is 3. The lowest BCUT2D eigenvalue weighted by Gasteiger charge is -2.11. The first-order valence-electron chi connectivity index (χ1n) is 4.37. The second kappa shape index (κ2) is 4.81. The molecule has 94 valence electrons. The molecule has 0 heterocycles. The van der Waals surface area contributed by atoms with Crippen LogP contribution in [0.15, 0.2) is 18.2 Å². The number of amides is 1. The molecule has 1 rings (SSSR count). The molecule has 0 aliphatic heterocycles. The zero-order chi connectivity index (χ0) is 13.1. The summed E-state index contributed by atoms with van der Waals surface area (Å²) in [6, 6.07) is 3.51. The zero-order valence-electron chi connectivity index (χ0n) is 8.41. The summed E-state index contributed by atoms with van der Waals surface area (Å²) in [6.45, 7) is -1.43. The Hall–Kier alpha value is -2.12. The van der Waals surface area contributed by atoms with Gasteiger partial charge in [-0.1, -0.05) is 0 Å². The van der Waals surface area contributed by atoms with Crippen molar-refractivity contribution in [1.29, 1.82) is 0 Å². The largest absolute Gasteiger partial charge is 0.484 e. The third-order valence-corrected chi connectivity index (χ3v) is 1.67. The monoisotopic (exact) mass is 250 g/mol. The Morgan fingerprint density at radius 2 is 2.12 bits per heavy atom. The third kappa shape index (κ3) is 4.49. The molecule has 0 bridgehead atoms. The van der Waals surface area contributed by atoms with Gasteiger partial charge in [0.25, 0.3) is 0 Å². The second-order valence-corrected chi connectivity index (χ2v) is 3.08. The van der Waals surface area contributed by atoms with Crippen LogP contribution in [0.5, 0.6) is 5.75 Å². The number of carbonyl (C=O) groups is 1. The predicted molar refractivity (Wildman–Crippen MR) is 54.1 cm³/mol. The van der Waals surface area contributed by atoms with Gasteiger partial charge in [-0.15, -0.1) is 0 Å². The normalized spacial score (nSPS) is 11.0. The van der Waals surface area contributed by atoms with Crippen molar-refractivity contribution in [3.8, 4) is 5.75 Å². The lowest BCUT2D eigenvalue weighted by Crippen LogP contribution is -2.19. The number of halogens is 3. The zero-order valence-corrected chi connectivity index (χ0v) is 8.41. The maximum Gasteiger partial charge on any atom is 0.422 e. The predicted octanol–water partition coefficient (Wildman–Crippen LogP) is 2.30. The molecule has 17 heavy (non-hydrogen) atoms. The molecule has 0 saturated carbocycles. The number of anilines is 2. The van der Waals surface area contributed by atoms with Crippen molar-refractivity contribution >= 4 is 17.5 Å². The minimum absolute atomic E-state index is 0.0212. The highest BCUT2D eigenvalue weighted by molar-refractivity contribution is 5.87. The Kier molecular flexibility index (Phi) is 3.66. The van der Waals surface area contributed by atoms with E-state index in [2.05, 4.69) is 4.74 Å². The van der Waals surface area contributed by atoms with Gasteiger partial charge in [-0.2, -0.15) is 13.2 Å². The Labute approximate surface area is 94.0 Å². The minimum atomic E-state index is -4.44. The van der Waals surface area contributed by atoms with Crippen molar-refractivity contribution in [3.05, 3.63) is 18.2 Å². The molecule has 0 radical (unpaired) electrons. The summed E-state index contributed by atoms with van der Waals surface area (Å²) >= 11 is 0. The Morgan fingerprint density at radius 3 is 2.59 bits per heavy atom. The smallest absolute Gasteiger partial charge is 0.422 e. The molecule has 0 spiro atoms. The Bertz CT molecular complexity index is 420. The van der Waals surface area contributed by atoms with Gasteiger partial charge < -0.3 is 15.6 Å². The molecule has 0 aliphatic rings. The molecule has 0 aliphatic carbocycles. The van der Waals surface area contributed by atoms with Gasteiger partial charge >= 0.3 is 12.3 Å². The van der Waals surface area contributed by atoms with Crippen LogP contribution in [-0.2, 0) is 0 Å². The van der Waals surface area contributed by atoms with Crippen molar-refractivity contribution in [1.82, 2.24) is 0 Å². The van der Waals surface area contributed by atoms with Crippen LogP contribution >= 0.6 is 0 Å². The highest BCUT2D eigenvalue weighted by atomic mass is 19.4. The average molecular weight is 250 g/mol. The first-order valence-corrected chi connectivity index (χ1v) is 4.37. The molecule has 0 saturated heterocycles. The average Bonchev–Trinajstić information content (AvgIpc) is 2.17. The number of benzene rings is 1. The van der Waals surface area contributed by atoms with Crippen LogP contribution in [0.2, 0.25) is 0 Å². The van der Waals surface area contributed by atoms with Gasteiger partial charge in [0.15, 0.2) is 6.61 Å².